The van der Waals surface area contributed by atoms with Crippen LogP contribution in [-0.2, 0) is 0 Å². The topological polar surface area (TPSA) is 41.0 Å². The van der Waals surface area contributed by atoms with Crippen LogP contribution in [0.4, 0.5) is 11.6 Å². The van der Waals surface area contributed by atoms with Crippen LogP contribution in [0.2, 0.25) is 0 Å². The molecule has 2 unspecified atom stereocenters. The quantitative estimate of drug-likeness (QED) is 0.918. The summed E-state index contributed by atoms with van der Waals surface area (Å²) < 4.78 is 0. The van der Waals surface area contributed by atoms with Crippen LogP contribution in [0.25, 0.3) is 0 Å². The Morgan fingerprint density at radius 2 is 2.00 bits per heavy atom. The second-order valence-corrected chi connectivity index (χ2v) is 6.62. The summed E-state index contributed by atoms with van der Waals surface area (Å²) in [6.07, 6.45) is 8.17. The largest absolute Gasteiger partial charge is 0.370 e. The lowest BCUT2D eigenvalue weighted by molar-refractivity contribution is 0.202. The maximum atomic E-state index is 4.68. The van der Waals surface area contributed by atoms with Crippen LogP contribution >= 0.6 is 0 Å². The molecular weight excluding hydrogens is 260 g/mol. The van der Waals surface area contributed by atoms with Crippen molar-refractivity contribution in [2.24, 2.45) is 11.8 Å². The van der Waals surface area contributed by atoms with Gasteiger partial charge >= 0.3 is 0 Å². The molecule has 2 fully saturated rings. The van der Waals surface area contributed by atoms with E-state index in [2.05, 4.69) is 33.2 Å². The molecule has 4 nitrogen and oxygen atoms in total. The first-order valence-electron chi connectivity index (χ1n) is 8.60. The number of fused-ring (bicyclic) bond motifs is 1. The number of rotatable bonds is 4. The number of hydrogen-bond acceptors (Lipinski definition) is 4. The molecule has 2 aliphatic rings. The van der Waals surface area contributed by atoms with Crippen molar-refractivity contribution in [2.75, 3.05) is 29.9 Å². The van der Waals surface area contributed by atoms with Gasteiger partial charge in [0.1, 0.15) is 17.5 Å². The van der Waals surface area contributed by atoms with E-state index >= 15 is 0 Å². The number of piperidine rings is 1. The SMILES string of the molecule is CCCNc1cc(N2CCC3CCCCC3C2)nc(C)n1. The summed E-state index contributed by atoms with van der Waals surface area (Å²) in [5.41, 5.74) is 0. The van der Waals surface area contributed by atoms with Crippen molar-refractivity contribution < 1.29 is 0 Å². The molecule has 2 heterocycles. The Morgan fingerprint density at radius 1 is 1.19 bits per heavy atom. The van der Waals surface area contributed by atoms with Crippen molar-refractivity contribution >= 4 is 11.6 Å². The third kappa shape index (κ3) is 3.47. The molecular formula is C17H28N4. The molecule has 4 heteroatoms. The van der Waals surface area contributed by atoms with E-state index in [0.29, 0.717) is 0 Å². The maximum Gasteiger partial charge on any atom is 0.134 e. The molecule has 1 saturated heterocycles. The molecule has 0 radical (unpaired) electrons. The molecule has 0 bridgehead atoms. The van der Waals surface area contributed by atoms with Crippen LogP contribution < -0.4 is 10.2 Å². The zero-order valence-corrected chi connectivity index (χ0v) is 13.4. The molecule has 1 saturated carbocycles. The molecule has 1 aromatic rings. The Kier molecular flexibility index (Phi) is 4.61. The lowest BCUT2D eigenvalue weighted by atomic mass is 9.75. The van der Waals surface area contributed by atoms with Gasteiger partial charge in [-0.15, -0.1) is 0 Å². The minimum absolute atomic E-state index is 0.872. The van der Waals surface area contributed by atoms with Crippen LogP contribution in [-0.4, -0.2) is 29.6 Å². The van der Waals surface area contributed by atoms with E-state index in [4.69, 9.17) is 0 Å². The van der Waals surface area contributed by atoms with Gasteiger partial charge in [0.15, 0.2) is 0 Å². The Labute approximate surface area is 128 Å². The van der Waals surface area contributed by atoms with Crippen molar-refractivity contribution in [2.45, 2.75) is 52.4 Å². The molecule has 1 N–H and O–H groups in total. The summed E-state index contributed by atoms with van der Waals surface area (Å²) in [5, 5.41) is 3.39. The highest BCUT2D eigenvalue weighted by atomic mass is 15.2. The standard InChI is InChI=1S/C17H28N4/c1-3-9-18-16-11-17(20-13(2)19-16)21-10-8-14-6-4-5-7-15(14)12-21/h11,14-15H,3-10,12H2,1-2H3,(H,18,19,20). The molecule has 0 amide bonds. The predicted octanol–water partition coefficient (Wildman–Crippen LogP) is 3.62. The average Bonchev–Trinajstić information content (AvgIpc) is 2.52. The van der Waals surface area contributed by atoms with E-state index in [0.717, 1.165) is 48.8 Å². The van der Waals surface area contributed by atoms with E-state index in [1.807, 2.05) is 6.92 Å². The van der Waals surface area contributed by atoms with Gasteiger partial charge in [0, 0.05) is 25.7 Å². The lowest BCUT2D eigenvalue weighted by Crippen LogP contribution is -2.42. The molecule has 0 aromatic carbocycles. The fraction of sp³-hybridized carbons (Fsp3) is 0.765. The smallest absolute Gasteiger partial charge is 0.134 e. The zero-order valence-electron chi connectivity index (χ0n) is 13.4. The Bertz CT molecular complexity index is 474. The highest BCUT2D eigenvalue weighted by Gasteiger charge is 2.31. The fourth-order valence-corrected chi connectivity index (χ4v) is 3.87. The second-order valence-electron chi connectivity index (χ2n) is 6.62. The summed E-state index contributed by atoms with van der Waals surface area (Å²) in [5.74, 6) is 4.82. The first kappa shape index (κ1) is 14.6. The fourth-order valence-electron chi connectivity index (χ4n) is 3.87. The average molecular weight is 288 g/mol. The van der Waals surface area contributed by atoms with Gasteiger partial charge in [0.25, 0.3) is 0 Å². The number of aryl methyl sites for hydroxylation is 1. The van der Waals surface area contributed by atoms with Gasteiger partial charge in [-0.25, -0.2) is 9.97 Å². The van der Waals surface area contributed by atoms with Crippen LogP contribution in [0.15, 0.2) is 6.07 Å². The Balaban J connectivity index is 1.72. The zero-order chi connectivity index (χ0) is 14.7. The first-order valence-corrected chi connectivity index (χ1v) is 8.60. The Hall–Kier alpha value is -1.32. The molecule has 21 heavy (non-hydrogen) atoms. The monoisotopic (exact) mass is 288 g/mol. The van der Waals surface area contributed by atoms with E-state index in [1.165, 1.54) is 38.6 Å². The van der Waals surface area contributed by atoms with Gasteiger partial charge < -0.3 is 10.2 Å². The first-order chi connectivity index (χ1) is 10.3. The normalized spacial score (nSPS) is 25.5. The van der Waals surface area contributed by atoms with E-state index < -0.39 is 0 Å². The third-order valence-electron chi connectivity index (χ3n) is 5.00. The van der Waals surface area contributed by atoms with Crippen molar-refractivity contribution in [1.82, 2.24) is 9.97 Å². The minimum Gasteiger partial charge on any atom is -0.370 e. The van der Waals surface area contributed by atoms with Gasteiger partial charge in [-0.2, -0.15) is 0 Å². The van der Waals surface area contributed by atoms with Gasteiger partial charge in [0.05, 0.1) is 0 Å². The summed E-state index contributed by atoms with van der Waals surface area (Å²) in [7, 11) is 0. The van der Waals surface area contributed by atoms with Crippen molar-refractivity contribution in [1.29, 1.82) is 0 Å². The molecule has 1 aliphatic carbocycles. The summed E-state index contributed by atoms with van der Waals surface area (Å²) in [6.45, 7) is 7.49. The van der Waals surface area contributed by atoms with Crippen LogP contribution in [0.3, 0.4) is 0 Å². The maximum absolute atomic E-state index is 4.68. The van der Waals surface area contributed by atoms with E-state index in [1.54, 1.807) is 0 Å². The summed E-state index contributed by atoms with van der Waals surface area (Å²) >= 11 is 0. The van der Waals surface area contributed by atoms with Gasteiger partial charge in [-0.3, -0.25) is 0 Å². The van der Waals surface area contributed by atoms with Gasteiger partial charge in [-0.05, 0) is 38.0 Å². The number of nitrogens with zero attached hydrogens (tertiary/aromatic N) is 3. The van der Waals surface area contributed by atoms with E-state index in [-0.39, 0.29) is 0 Å². The van der Waals surface area contributed by atoms with Crippen LogP contribution in [0.1, 0.15) is 51.3 Å². The third-order valence-corrected chi connectivity index (χ3v) is 5.00. The van der Waals surface area contributed by atoms with Crippen molar-refractivity contribution in [3.8, 4) is 0 Å². The Morgan fingerprint density at radius 3 is 2.81 bits per heavy atom. The molecule has 116 valence electrons. The van der Waals surface area contributed by atoms with E-state index in [9.17, 15) is 0 Å². The highest BCUT2D eigenvalue weighted by molar-refractivity contribution is 5.49. The molecule has 2 atom stereocenters. The lowest BCUT2D eigenvalue weighted by Gasteiger charge is -2.41. The summed E-state index contributed by atoms with van der Waals surface area (Å²) in [6, 6.07) is 2.13. The molecule has 0 spiro atoms. The second kappa shape index (κ2) is 6.63. The minimum atomic E-state index is 0.872. The number of anilines is 2. The molecule has 1 aromatic heterocycles. The predicted molar refractivity (Wildman–Crippen MR) is 87.8 cm³/mol. The number of hydrogen-bond donors (Lipinski definition) is 1. The van der Waals surface area contributed by atoms with Gasteiger partial charge in [-0.1, -0.05) is 26.2 Å². The van der Waals surface area contributed by atoms with Gasteiger partial charge in [0.2, 0.25) is 0 Å². The number of aromatic nitrogens is 2. The molecule has 1 aliphatic heterocycles. The summed E-state index contributed by atoms with van der Waals surface area (Å²) in [4.78, 5) is 11.7. The number of nitrogens with one attached hydrogen (secondary N) is 1. The van der Waals surface area contributed by atoms with Crippen molar-refractivity contribution in [3.05, 3.63) is 11.9 Å². The van der Waals surface area contributed by atoms with Crippen molar-refractivity contribution in [3.63, 3.8) is 0 Å². The molecule has 3 rings (SSSR count). The van der Waals surface area contributed by atoms with Crippen LogP contribution in [0, 0.1) is 18.8 Å². The van der Waals surface area contributed by atoms with Crippen LogP contribution in [0.5, 0.6) is 0 Å². The highest BCUT2D eigenvalue weighted by Crippen LogP contribution is 2.37.